The summed E-state index contributed by atoms with van der Waals surface area (Å²) in [5.74, 6) is 0.378. The first-order valence-electron chi connectivity index (χ1n) is 12.0. The predicted octanol–water partition coefficient (Wildman–Crippen LogP) is 3.60. The van der Waals surface area contributed by atoms with E-state index in [0.717, 1.165) is 32.1 Å². The quantitative estimate of drug-likeness (QED) is 0.525. The first kappa shape index (κ1) is 26.5. The highest BCUT2D eigenvalue weighted by Crippen LogP contribution is 2.30. The van der Waals surface area contributed by atoms with E-state index in [1.807, 2.05) is 27.7 Å². The van der Waals surface area contributed by atoms with Gasteiger partial charge in [-0.2, -0.15) is 0 Å². The number of carbonyl (C=O) groups is 3. The van der Waals surface area contributed by atoms with E-state index in [1.54, 1.807) is 25.2 Å². The SMILES string of the molecule is CCOc1ccc(NC(=O)CN(C)C(=O)C(NC(=O)C2CCCCC2)C(C)C)cc1OCC. The van der Waals surface area contributed by atoms with Gasteiger partial charge in [0.1, 0.15) is 6.04 Å². The number of nitrogens with one attached hydrogen (secondary N) is 2. The van der Waals surface area contributed by atoms with Crippen molar-refractivity contribution in [1.82, 2.24) is 10.2 Å². The Morgan fingerprint density at radius 2 is 1.67 bits per heavy atom. The molecule has 0 aliphatic heterocycles. The minimum atomic E-state index is -0.660. The summed E-state index contributed by atoms with van der Waals surface area (Å²) in [5.41, 5.74) is 0.554. The van der Waals surface area contributed by atoms with E-state index in [4.69, 9.17) is 9.47 Å². The summed E-state index contributed by atoms with van der Waals surface area (Å²) in [6.07, 6.45) is 5.00. The highest BCUT2D eigenvalue weighted by atomic mass is 16.5. The minimum absolute atomic E-state index is 0.0272. The third-order valence-corrected chi connectivity index (χ3v) is 5.79. The molecule has 1 aromatic carbocycles. The first-order valence-corrected chi connectivity index (χ1v) is 12.0. The normalized spacial score (nSPS) is 15.0. The van der Waals surface area contributed by atoms with E-state index in [-0.39, 0.29) is 36.1 Å². The number of rotatable bonds is 11. The van der Waals surface area contributed by atoms with Gasteiger partial charge in [0, 0.05) is 24.7 Å². The van der Waals surface area contributed by atoms with Crippen LogP contribution in [-0.2, 0) is 14.4 Å². The molecular weight excluding hydrogens is 422 g/mol. The Hall–Kier alpha value is -2.77. The summed E-state index contributed by atoms with van der Waals surface area (Å²) in [5, 5.41) is 5.74. The van der Waals surface area contributed by atoms with Crippen molar-refractivity contribution in [3.05, 3.63) is 18.2 Å². The minimum Gasteiger partial charge on any atom is -0.490 e. The van der Waals surface area contributed by atoms with Crippen LogP contribution in [0.1, 0.15) is 59.8 Å². The van der Waals surface area contributed by atoms with Crippen LogP contribution in [0.25, 0.3) is 0 Å². The van der Waals surface area contributed by atoms with Crippen LogP contribution in [0.15, 0.2) is 18.2 Å². The maximum absolute atomic E-state index is 13.0. The first-order chi connectivity index (χ1) is 15.8. The highest BCUT2D eigenvalue weighted by molar-refractivity contribution is 5.96. The smallest absolute Gasteiger partial charge is 0.245 e. The van der Waals surface area contributed by atoms with Crippen molar-refractivity contribution in [1.29, 1.82) is 0 Å². The number of anilines is 1. The van der Waals surface area contributed by atoms with Crippen LogP contribution in [0.4, 0.5) is 5.69 Å². The van der Waals surface area contributed by atoms with Gasteiger partial charge >= 0.3 is 0 Å². The highest BCUT2D eigenvalue weighted by Gasteiger charge is 2.31. The van der Waals surface area contributed by atoms with E-state index in [9.17, 15) is 14.4 Å². The zero-order chi connectivity index (χ0) is 24.4. The van der Waals surface area contributed by atoms with E-state index < -0.39 is 6.04 Å². The van der Waals surface area contributed by atoms with Crippen molar-refractivity contribution in [2.24, 2.45) is 11.8 Å². The summed E-state index contributed by atoms with van der Waals surface area (Å²) in [7, 11) is 1.58. The molecule has 0 spiro atoms. The lowest BCUT2D eigenvalue weighted by molar-refractivity contribution is -0.139. The van der Waals surface area contributed by atoms with Crippen molar-refractivity contribution in [2.75, 3.05) is 32.1 Å². The summed E-state index contributed by atoms with van der Waals surface area (Å²) in [6.45, 7) is 8.41. The maximum atomic E-state index is 13.0. The van der Waals surface area contributed by atoms with Crippen molar-refractivity contribution in [3.8, 4) is 11.5 Å². The van der Waals surface area contributed by atoms with Crippen LogP contribution < -0.4 is 20.1 Å². The van der Waals surface area contributed by atoms with Crippen LogP contribution in [0, 0.1) is 11.8 Å². The van der Waals surface area contributed by atoms with Gasteiger partial charge in [-0.05, 0) is 44.7 Å². The van der Waals surface area contributed by atoms with Gasteiger partial charge < -0.3 is 25.0 Å². The monoisotopic (exact) mass is 461 g/mol. The molecule has 0 aromatic heterocycles. The van der Waals surface area contributed by atoms with Gasteiger partial charge in [0.2, 0.25) is 17.7 Å². The molecule has 1 atom stereocenters. The molecule has 1 aliphatic rings. The summed E-state index contributed by atoms with van der Waals surface area (Å²) in [4.78, 5) is 39.7. The standard InChI is InChI=1S/C25H39N3O5/c1-6-32-20-14-13-19(15-21(20)33-7-2)26-22(29)16-28(5)25(31)23(17(3)4)27-24(30)18-11-9-8-10-12-18/h13-15,17-18,23H,6-12,16H2,1-5H3,(H,26,29)(H,27,30). The van der Waals surface area contributed by atoms with Gasteiger partial charge in [-0.15, -0.1) is 0 Å². The number of likely N-dealkylation sites (N-methyl/N-ethyl adjacent to an activating group) is 1. The Labute approximate surface area is 197 Å². The molecule has 0 bridgehead atoms. The molecule has 1 aromatic rings. The number of carbonyl (C=O) groups excluding carboxylic acids is 3. The Bertz CT molecular complexity index is 805. The Kier molecular flexibility index (Phi) is 10.5. The van der Waals surface area contributed by atoms with Gasteiger partial charge in [-0.3, -0.25) is 14.4 Å². The fraction of sp³-hybridized carbons (Fsp3) is 0.640. The molecule has 33 heavy (non-hydrogen) atoms. The van der Waals surface area contributed by atoms with Crippen LogP contribution in [0.5, 0.6) is 11.5 Å². The molecule has 8 nitrogen and oxygen atoms in total. The predicted molar refractivity (Wildman–Crippen MR) is 128 cm³/mol. The third kappa shape index (κ3) is 7.94. The van der Waals surface area contributed by atoms with Crippen molar-refractivity contribution in [3.63, 3.8) is 0 Å². The molecular formula is C25H39N3O5. The molecule has 2 rings (SSSR count). The number of nitrogens with zero attached hydrogens (tertiary/aromatic N) is 1. The van der Waals surface area contributed by atoms with Gasteiger partial charge in [-0.1, -0.05) is 33.1 Å². The number of hydrogen-bond donors (Lipinski definition) is 2. The number of hydrogen-bond acceptors (Lipinski definition) is 5. The van der Waals surface area contributed by atoms with Crippen LogP contribution in [-0.4, -0.2) is 55.5 Å². The lowest BCUT2D eigenvalue weighted by Gasteiger charge is -2.29. The van der Waals surface area contributed by atoms with Gasteiger partial charge in [0.25, 0.3) is 0 Å². The Balaban J connectivity index is 1.97. The lowest BCUT2D eigenvalue weighted by atomic mass is 9.88. The van der Waals surface area contributed by atoms with Crippen LogP contribution >= 0.6 is 0 Å². The van der Waals surface area contributed by atoms with Crippen LogP contribution in [0.2, 0.25) is 0 Å². The average Bonchev–Trinajstić information content (AvgIpc) is 2.79. The maximum Gasteiger partial charge on any atom is 0.245 e. The Morgan fingerprint density at radius 1 is 1.03 bits per heavy atom. The second kappa shape index (κ2) is 13.1. The molecule has 0 heterocycles. The zero-order valence-electron chi connectivity index (χ0n) is 20.6. The molecule has 1 saturated carbocycles. The molecule has 2 N–H and O–H groups in total. The molecule has 1 unspecified atom stereocenters. The fourth-order valence-electron chi connectivity index (χ4n) is 4.01. The van der Waals surface area contributed by atoms with E-state index in [1.165, 1.54) is 4.90 Å². The van der Waals surface area contributed by atoms with Crippen molar-refractivity contribution in [2.45, 2.75) is 65.8 Å². The number of benzene rings is 1. The molecule has 1 fully saturated rings. The second-order valence-electron chi connectivity index (χ2n) is 8.84. The number of ether oxygens (including phenoxy) is 2. The third-order valence-electron chi connectivity index (χ3n) is 5.79. The molecule has 1 aliphatic carbocycles. The van der Waals surface area contributed by atoms with Gasteiger partial charge in [0.05, 0.1) is 19.8 Å². The van der Waals surface area contributed by atoms with Crippen molar-refractivity contribution < 1.29 is 23.9 Å². The number of amides is 3. The topological polar surface area (TPSA) is 97.0 Å². The van der Waals surface area contributed by atoms with E-state index in [2.05, 4.69) is 10.6 Å². The molecule has 3 amide bonds. The summed E-state index contributed by atoms with van der Waals surface area (Å²) in [6, 6.07) is 4.52. The average molecular weight is 462 g/mol. The molecule has 8 heteroatoms. The Morgan fingerprint density at radius 3 is 2.27 bits per heavy atom. The fourth-order valence-corrected chi connectivity index (χ4v) is 4.01. The molecule has 184 valence electrons. The molecule has 0 saturated heterocycles. The lowest BCUT2D eigenvalue weighted by Crippen LogP contribution is -2.52. The van der Waals surface area contributed by atoms with Crippen LogP contribution in [0.3, 0.4) is 0 Å². The molecule has 0 radical (unpaired) electrons. The summed E-state index contributed by atoms with van der Waals surface area (Å²) >= 11 is 0. The zero-order valence-corrected chi connectivity index (χ0v) is 20.6. The second-order valence-corrected chi connectivity index (χ2v) is 8.84. The van der Waals surface area contributed by atoms with E-state index >= 15 is 0 Å². The largest absolute Gasteiger partial charge is 0.490 e. The van der Waals surface area contributed by atoms with E-state index in [0.29, 0.717) is 30.4 Å². The van der Waals surface area contributed by atoms with Gasteiger partial charge in [-0.25, -0.2) is 0 Å². The van der Waals surface area contributed by atoms with Crippen molar-refractivity contribution >= 4 is 23.4 Å². The summed E-state index contributed by atoms with van der Waals surface area (Å²) < 4.78 is 11.1. The van der Waals surface area contributed by atoms with Gasteiger partial charge in [0.15, 0.2) is 11.5 Å².